The molecule has 0 bridgehead atoms. The number of carbonyl (C=O) groups is 1. The van der Waals surface area contributed by atoms with Crippen molar-refractivity contribution in [1.29, 1.82) is 0 Å². The zero-order chi connectivity index (χ0) is 9.19. The van der Waals surface area contributed by atoms with Crippen molar-refractivity contribution in [2.45, 2.75) is 26.2 Å². The Hall–Kier alpha value is -0.570. The summed E-state index contributed by atoms with van der Waals surface area (Å²) in [4.78, 5) is 10.8. The Morgan fingerprint density at radius 1 is 1.67 bits per heavy atom. The molecule has 0 heterocycles. The van der Waals surface area contributed by atoms with Gasteiger partial charge in [-0.3, -0.25) is 4.79 Å². The van der Waals surface area contributed by atoms with Crippen LogP contribution in [0.1, 0.15) is 26.2 Å². The third kappa shape index (κ3) is 1.61. The van der Waals surface area contributed by atoms with Gasteiger partial charge in [-0.15, -0.1) is 0 Å². The van der Waals surface area contributed by atoms with Gasteiger partial charge in [0, 0.05) is 13.7 Å². The number of methoxy groups -OCH3 is 1. The zero-order valence-electron chi connectivity index (χ0n) is 7.67. The molecule has 0 aliphatic heterocycles. The fraction of sp³-hybridized carbons (Fsp3) is 0.889. The van der Waals surface area contributed by atoms with Crippen LogP contribution in [0.15, 0.2) is 0 Å². The standard InChI is InChI=1S/C9H16O3/c1-7(3-6-12-2)9(4-5-9)8(10)11/h7H,3-6H2,1-2H3,(H,10,11). The summed E-state index contributed by atoms with van der Waals surface area (Å²) >= 11 is 0. The maximum Gasteiger partial charge on any atom is 0.309 e. The monoisotopic (exact) mass is 172 g/mol. The van der Waals surface area contributed by atoms with E-state index in [9.17, 15) is 4.79 Å². The Labute approximate surface area is 72.7 Å². The van der Waals surface area contributed by atoms with Crippen molar-refractivity contribution in [1.82, 2.24) is 0 Å². The molecule has 0 radical (unpaired) electrons. The number of hydrogen-bond donors (Lipinski definition) is 1. The maximum atomic E-state index is 10.8. The van der Waals surface area contributed by atoms with E-state index in [1.54, 1.807) is 7.11 Å². The molecule has 1 aliphatic carbocycles. The molecule has 3 heteroatoms. The van der Waals surface area contributed by atoms with E-state index in [1.165, 1.54) is 0 Å². The number of carboxylic acid groups (broad SMARTS) is 1. The van der Waals surface area contributed by atoms with Crippen LogP contribution in [-0.4, -0.2) is 24.8 Å². The molecule has 1 N–H and O–H groups in total. The number of carboxylic acids is 1. The van der Waals surface area contributed by atoms with Gasteiger partial charge in [0.05, 0.1) is 5.41 Å². The summed E-state index contributed by atoms with van der Waals surface area (Å²) in [6.45, 7) is 2.66. The van der Waals surface area contributed by atoms with E-state index < -0.39 is 11.4 Å². The van der Waals surface area contributed by atoms with E-state index in [4.69, 9.17) is 9.84 Å². The molecule has 0 amide bonds. The van der Waals surface area contributed by atoms with Crippen molar-refractivity contribution in [3.05, 3.63) is 0 Å². The second-order valence-electron chi connectivity index (χ2n) is 3.64. The van der Waals surface area contributed by atoms with Crippen LogP contribution in [0.3, 0.4) is 0 Å². The molecule has 0 aromatic carbocycles. The normalized spacial score (nSPS) is 21.8. The van der Waals surface area contributed by atoms with Crippen LogP contribution in [0.2, 0.25) is 0 Å². The van der Waals surface area contributed by atoms with Gasteiger partial charge in [0.1, 0.15) is 0 Å². The fourth-order valence-electron chi connectivity index (χ4n) is 1.62. The summed E-state index contributed by atoms with van der Waals surface area (Å²) < 4.78 is 4.92. The SMILES string of the molecule is COCCC(C)C1(C(=O)O)CC1. The van der Waals surface area contributed by atoms with E-state index in [0.717, 1.165) is 19.3 Å². The molecule has 1 rings (SSSR count). The summed E-state index contributed by atoms with van der Waals surface area (Å²) in [5.74, 6) is -0.388. The maximum absolute atomic E-state index is 10.8. The molecule has 1 unspecified atom stereocenters. The Kier molecular flexibility index (Phi) is 2.73. The van der Waals surface area contributed by atoms with Gasteiger partial charge in [0.2, 0.25) is 0 Å². The lowest BCUT2D eigenvalue weighted by Crippen LogP contribution is -2.24. The first-order valence-corrected chi connectivity index (χ1v) is 4.36. The molecule has 0 aromatic rings. The van der Waals surface area contributed by atoms with E-state index in [1.807, 2.05) is 6.92 Å². The first-order chi connectivity index (χ1) is 5.63. The average molecular weight is 172 g/mol. The van der Waals surface area contributed by atoms with Crippen molar-refractivity contribution in [3.63, 3.8) is 0 Å². The van der Waals surface area contributed by atoms with Crippen LogP contribution < -0.4 is 0 Å². The van der Waals surface area contributed by atoms with Crippen LogP contribution >= 0.6 is 0 Å². The lowest BCUT2D eigenvalue weighted by atomic mass is 9.88. The highest BCUT2D eigenvalue weighted by Crippen LogP contribution is 2.53. The molecule has 0 aromatic heterocycles. The predicted molar refractivity (Wildman–Crippen MR) is 45.0 cm³/mol. The van der Waals surface area contributed by atoms with Gasteiger partial charge in [0.25, 0.3) is 0 Å². The smallest absolute Gasteiger partial charge is 0.309 e. The molecule has 12 heavy (non-hydrogen) atoms. The van der Waals surface area contributed by atoms with E-state index in [2.05, 4.69) is 0 Å². The molecular formula is C9H16O3. The lowest BCUT2D eigenvalue weighted by Gasteiger charge is -2.18. The third-order valence-electron chi connectivity index (χ3n) is 2.91. The van der Waals surface area contributed by atoms with Crippen LogP contribution in [0, 0.1) is 11.3 Å². The molecular weight excluding hydrogens is 156 g/mol. The van der Waals surface area contributed by atoms with Gasteiger partial charge in [-0.05, 0) is 25.2 Å². The largest absolute Gasteiger partial charge is 0.481 e. The number of rotatable bonds is 5. The first-order valence-electron chi connectivity index (χ1n) is 4.36. The van der Waals surface area contributed by atoms with Crippen LogP contribution in [0.25, 0.3) is 0 Å². The van der Waals surface area contributed by atoms with Gasteiger partial charge in [0.15, 0.2) is 0 Å². The highest BCUT2D eigenvalue weighted by molar-refractivity contribution is 5.78. The van der Waals surface area contributed by atoms with Crippen molar-refractivity contribution < 1.29 is 14.6 Å². The Balaban J connectivity index is 2.40. The van der Waals surface area contributed by atoms with E-state index >= 15 is 0 Å². The minimum absolute atomic E-state index is 0.245. The van der Waals surface area contributed by atoms with Crippen molar-refractivity contribution >= 4 is 5.97 Å². The van der Waals surface area contributed by atoms with Crippen LogP contribution in [0.4, 0.5) is 0 Å². The lowest BCUT2D eigenvalue weighted by molar-refractivity contribution is -0.145. The highest BCUT2D eigenvalue weighted by Gasteiger charge is 2.53. The molecule has 1 atom stereocenters. The van der Waals surface area contributed by atoms with Gasteiger partial charge in [-0.1, -0.05) is 6.92 Å². The van der Waals surface area contributed by atoms with Gasteiger partial charge in [-0.25, -0.2) is 0 Å². The number of ether oxygens (including phenoxy) is 1. The molecule has 70 valence electrons. The van der Waals surface area contributed by atoms with Gasteiger partial charge >= 0.3 is 5.97 Å². The zero-order valence-corrected chi connectivity index (χ0v) is 7.67. The summed E-state index contributed by atoms with van der Waals surface area (Å²) in [5.41, 5.74) is -0.404. The molecule has 1 fully saturated rings. The molecule has 0 spiro atoms. The van der Waals surface area contributed by atoms with Crippen molar-refractivity contribution in [2.24, 2.45) is 11.3 Å². The first kappa shape index (κ1) is 9.52. The third-order valence-corrected chi connectivity index (χ3v) is 2.91. The number of hydrogen-bond acceptors (Lipinski definition) is 2. The molecule has 1 aliphatic rings. The van der Waals surface area contributed by atoms with Crippen molar-refractivity contribution in [3.8, 4) is 0 Å². The summed E-state index contributed by atoms with van der Waals surface area (Å²) in [7, 11) is 1.65. The summed E-state index contributed by atoms with van der Waals surface area (Å²) in [5, 5.41) is 8.93. The van der Waals surface area contributed by atoms with E-state index in [-0.39, 0.29) is 5.92 Å². The van der Waals surface area contributed by atoms with Gasteiger partial charge in [-0.2, -0.15) is 0 Å². The minimum Gasteiger partial charge on any atom is -0.481 e. The summed E-state index contributed by atoms with van der Waals surface area (Å²) in [6, 6.07) is 0. The quantitative estimate of drug-likeness (QED) is 0.684. The Morgan fingerprint density at radius 3 is 2.58 bits per heavy atom. The second kappa shape index (κ2) is 3.44. The van der Waals surface area contributed by atoms with E-state index in [0.29, 0.717) is 6.61 Å². The second-order valence-corrected chi connectivity index (χ2v) is 3.64. The minimum atomic E-state index is -0.633. The molecule has 3 nitrogen and oxygen atoms in total. The van der Waals surface area contributed by atoms with Crippen LogP contribution in [0.5, 0.6) is 0 Å². The fourth-order valence-corrected chi connectivity index (χ4v) is 1.62. The summed E-state index contributed by atoms with van der Waals surface area (Å²) in [6.07, 6.45) is 2.53. The Morgan fingerprint density at radius 2 is 2.25 bits per heavy atom. The van der Waals surface area contributed by atoms with Gasteiger partial charge < -0.3 is 9.84 Å². The number of aliphatic carboxylic acids is 1. The molecule has 0 saturated heterocycles. The predicted octanol–water partition coefficient (Wildman–Crippen LogP) is 1.52. The average Bonchev–Trinajstić information content (AvgIpc) is 2.80. The Bertz CT molecular complexity index is 173. The highest BCUT2D eigenvalue weighted by atomic mass is 16.5. The van der Waals surface area contributed by atoms with Crippen LogP contribution in [-0.2, 0) is 9.53 Å². The molecule has 1 saturated carbocycles. The topological polar surface area (TPSA) is 46.5 Å². The van der Waals surface area contributed by atoms with Crippen molar-refractivity contribution in [2.75, 3.05) is 13.7 Å².